The van der Waals surface area contributed by atoms with Gasteiger partial charge < -0.3 is 15.4 Å². The highest BCUT2D eigenvalue weighted by atomic mass is 35.5. The number of aryl methyl sites for hydroxylation is 1. The van der Waals surface area contributed by atoms with Crippen molar-refractivity contribution in [2.45, 2.75) is 38.8 Å². The van der Waals surface area contributed by atoms with Crippen LogP contribution in [0.5, 0.6) is 0 Å². The summed E-state index contributed by atoms with van der Waals surface area (Å²) in [6.45, 7) is 6.60. The maximum Gasteiger partial charge on any atom is 0.181 e. The van der Waals surface area contributed by atoms with Crippen LogP contribution in [0.1, 0.15) is 24.8 Å². The molecule has 0 unspecified atom stereocenters. The van der Waals surface area contributed by atoms with Gasteiger partial charge in [-0.05, 0) is 38.8 Å². The molecule has 0 aliphatic carbocycles. The molecule has 32 heavy (non-hydrogen) atoms. The first-order valence-electron chi connectivity index (χ1n) is 10.8. The van der Waals surface area contributed by atoms with Gasteiger partial charge in [0.25, 0.3) is 0 Å². The van der Waals surface area contributed by atoms with E-state index in [9.17, 15) is 0 Å². The minimum atomic E-state index is 0.0860. The standard InChI is InChI=1S/C22H24ClN7OS/c1-12-20(24)22(11-31-12)5-7-29(8-6-22)17-10-25-21-15(28-17)9-26-30(21)16-4-3-14-19(18(16)23)32-13(2)27-14/h3-4,9-10,12,20H,5-8,11,24H2,1-2H3/t12-,20+/m0/s1. The molecular formula is C22H24ClN7OS. The molecule has 2 N–H and O–H groups in total. The zero-order valence-electron chi connectivity index (χ0n) is 18.0. The number of halogens is 1. The van der Waals surface area contributed by atoms with E-state index in [4.69, 9.17) is 32.0 Å². The van der Waals surface area contributed by atoms with Crippen LogP contribution in [0.3, 0.4) is 0 Å². The largest absolute Gasteiger partial charge is 0.376 e. The molecule has 2 aliphatic heterocycles. The summed E-state index contributed by atoms with van der Waals surface area (Å²) in [5, 5.41) is 6.16. The van der Waals surface area contributed by atoms with Gasteiger partial charge in [0.15, 0.2) is 5.65 Å². The van der Waals surface area contributed by atoms with Crippen molar-refractivity contribution in [2.75, 3.05) is 24.6 Å². The molecule has 166 valence electrons. The van der Waals surface area contributed by atoms with Crippen molar-refractivity contribution in [1.82, 2.24) is 24.7 Å². The molecule has 2 saturated heterocycles. The zero-order valence-corrected chi connectivity index (χ0v) is 19.5. The zero-order chi connectivity index (χ0) is 22.0. The average molecular weight is 470 g/mol. The monoisotopic (exact) mass is 469 g/mol. The summed E-state index contributed by atoms with van der Waals surface area (Å²) in [7, 11) is 0. The molecule has 2 atom stereocenters. The lowest BCUT2D eigenvalue weighted by molar-refractivity contribution is 0.0974. The van der Waals surface area contributed by atoms with Crippen LogP contribution in [0.25, 0.3) is 27.1 Å². The number of benzene rings is 1. The van der Waals surface area contributed by atoms with Gasteiger partial charge in [-0.3, -0.25) is 0 Å². The second kappa shape index (κ2) is 7.34. The van der Waals surface area contributed by atoms with Crippen molar-refractivity contribution in [3.05, 3.63) is 34.6 Å². The van der Waals surface area contributed by atoms with E-state index in [1.807, 2.05) is 25.3 Å². The topological polar surface area (TPSA) is 95.0 Å². The number of piperidine rings is 1. The number of nitrogens with zero attached hydrogens (tertiary/aromatic N) is 6. The maximum absolute atomic E-state index is 6.71. The first kappa shape index (κ1) is 20.3. The highest BCUT2D eigenvalue weighted by molar-refractivity contribution is 7.19. The Morgan fingerprint density at radius 2 is 2.00 bits per heavy atom. The Morgan fingerprint density at radius 1 is 1.19 bits per heavy atom. The number of ether oxygens (including phenoxy) is 1. The Hall–Kier alpha value is -2.33. The van der Waals surface area contributed by atoms with Crippen LogP contribution in [0.4, 0.5) is 5.82 Å². The molecule has 10 heteroatoms. The van der Waals surface area contributed by atoms with Gasteiger partial charge in [-0.25, -0.2) is 19.6 Å². The van der Waals surface area contributed by atoms with Crippen LogP contribution in [0.2, 0.25) is 5.02 Å². The molecule has 1 spiro atoms. The van der Waals surface area contributed by atoms with Gasteiger partial charge in [0, 0.05) is 24.5 Å². The number of nitrogens with two attached hydrogens (primary N) is 1. The van der Waals surface area contributed by atoms with Gasteiger partial charge in [-0.2, -0.15) is 5.10 Å². The maximum atomic E-state index is 6.71. The number of fused-ring (bicyclic) bond motifs is 2. The molecule has 2 aliphatic rings. The van der Waals surface area contributed by atoms with Crippen molar-refractivity contribution in [1.29, 1.82) is 0 Å². The van der Waals surface area contributed by atoms with Crippen LogP contribution in [0, 0.1) is 12.3 Å². The van der Waals surface area contributed by atoms with Crippen LogP contribution in [0.15, 0.2) is 24.5 Å². The van der Waals surface area contributed by atoms with Crippen molar-refractivity contribution < 1.29 is 4.74 Å². The van der Waals surface area contributed by atoms with Gasteiger partial charge in [-0.1, -0.05) is 11.6 Å². The lowest BCUT2D eigenvalue weighted by atomic mass is 9.73. The minimum absolute atomic E-state index is 0.0860. The Bertz CT molecular complexity index is 1330. The average Bonchev–Trinajstić information content (AvgIpc) is 3.47. The normalized spacial score (nSPS) is 23.1. The quantitative estimate of drug-likeness (QED) is 0.478. The third-order valence-electron chi connectivity index (χ3n) is 7.00. The van der Waals surface area contributed by atoms with E-state index in [-0.39, 0.29) is 17.6 Å². The number of hydrogen-bond donors (Lipinski definition) is 1. The molecule has 4 aromatic rings. The molecule has 1 aromatic carbocycles. The molecular weight excluding hydrogens is 446 g/mol. The van der Waals surface area contributed by atoms with Crippen LogP contribution in [-0.4, -0.2) is 56.6 Å². The molecule has 8 nitrogen and oxygen atoms in total. The molecule has 6 rings (SSSR count). The van der Waals surface area contributed by atoms with E-state index < -0.39 is 0 Å². The van der Waals surface area contributed by atoms with Crippen LogP contribution in [-0.2, 0) is 4.74 Å². The molecule has 0 amide bonds. The van der Waals surface area contributed by atoms with Crippen LogP contribution >= 0.6 is 22.9 Å². The van der Waals surface area contributed by atoms with Gasteiger partial charge in [0.05, 0.1) is 51.0 Å². The molecule has 0 bridgehead atoms. The van der Waals surface area contributed by atoms with Gasteiger partial charge >= 0.3 is 0 Å². The SMILES string of the molecule is Cc1nc2ccc(-n3ncc4nc(N5CCC6(CC5)CO[C@@H](C)[C@H]6N)cnc43)c(Cl)c2s1. The fourth-order valence-electron chi connectivity index (χ4n) is 5.01. The number of rotatable bonds is 2. The molecule has 0 radical (unpaired) electrons. The van der Waals surface area contributed by atoms with E-state index in [1.54, 1.807) is 22.2 Å². The summed E-state index contributed by atoms with van der Waals surface area (Å²) >= 11 is 8.29. The molecule has 5 heterocycles. The van der Waals surface area contributed by atoms with Crippen molar-refractivity contribution in [2.24, 2.45) is 11.1 Å². The summed E-state index contributed by atoms with van der Waals surface area (Å²) in [4.78, 5) is 16.4. The molecule has 2 fully saturated rings. The number of anilines is 1. The summed E-state index contributed by atoms with van der Waals surface area (Å²) in [6.07, 6.45) is 5.71. The number of hydrogen-bond acceptors (Lipinski definition) is 8. The van der Waals surface area contributed by atoms with E-state index in [1.165, 1.54) is 0 Å². The van der Waals surface area contributed by atoms with Gasteiger partial charge in [-0.15, -0.1) is 11.3 Å². The van der Waals surface area contributed by atoms with Crippen molar-refractivity contribution >= 4 is 50.1 Å². The summed E-state index contributed by atoms with van der Waals surface area (Å²) in [5.41, 5.74) is 9.65. The summed E-state index contributed by atoms with van der Waals surface area (Å²) in [5.74, 6) is 0.868. The molecule has 3 aromatic heterocycles. The van der Waals surface area contributed by atoms with Gasteiger partial charge in [0.2, 0.25) is 0 Å². The minimum Gasteiger partial charge on any atom is -0.376 e. The third kappa shape index (κ3) is 3.02. The number of thiazole rings is 1. The molecule has 0 saturated carbocycles. The van der Waals surface area contributed by atoms with Crippen molar-refractivity contribution in [3.63, 3.8) is 0 Å². The summed E-state index contributed by atoms with van der Waals surface area (Å²) < 4.78 is 8.56. The highest BCUT2D eigenvalue weighted by Crippen LogP contribution is 2.42. The lowest BCUT2D eigenvalue weighted by Gasteiger charge is -2.41. The summed E-state index contributed by atoms with van der Waals surface area (Å²) in [6, 6.07) is 4.00. The Balaban J connectivity index is 1.29. The predicted molar refractivity (Wildman–Crippen MR) is 127 cm³/mol. The van der Waals surface area contributed by atoms with Crippen LogP contribution < -0.4 is 10.6 Å². The fraction of sp³-hybridized carbons (Fsp3) is 0.455. The van der Waals surface area contributed by atoms with Gasteiger partial charge in [0.1, 0.15) is 11.3 Å². The third-order valence-corrected chi connectivity index (χ3v) is 8.50. The highest BCUT2D eigenvalue weighted by Gasteiger charge is 2.47. The fourth-order valence-corrected chi connectivity index (χ4v) is 6.22. The smallest absolute Gasteiger partial charge is 0.181 e. The first-order chi connectivity index (χ1) is 15.4. The van der Waals surface area contributed by atoms with E-state index >= 15 is 0 Å². The van der Waals surface area contributed by atoms with E-state index in [0.29, 0.717) is 10.7 Å². The number of aromatic nitrogens is 5. The Kier molecular flexibility index (Phi) is 4.66. The van der Waals surface area contributed by atoms with Crippen molar-refractivity contribution in [3.8, 4) is 5.69 Å². The second-order valence-corrected chi connectivity index (χ2v) is 10.4. The van der Waals surface area contributed by atoms with E-state index in [0.717, 1.165) is 64.8 Å². The van der Waals surface area contributed by atoms with E-state index in [2.05, 4.69) is 21.9 Å². The first-order valence-corrected chi connectivity index (χ1v) is 12.0. The second-order valence-electron chi connectivity index (χ2n) is 8.86. The predicted octanol–water partition coefficient (Wildman–Crippen LogP) is 3.72. The Morgan fingerprint density at radius 3 is 2.75 bits per heavy atom. The lowest BCUT2D eigenvalue weighted by Crippen LogP contribution is -2.50. The Labute approximate surface area is 194 Å².